The maximum atomic E-state index is 11.8. The van der Waals surface area contributed by atoms with Crippen LogP contribution in [0.1, 0.15) is 28.4 Å². The van der Waals surface area contributed by atoms with Gasteiger partial charge in [0.05, 0.1) is 0 Å². The monoisotopic (exact) mass is 256 g/mol. The van der Waals surface area contributed by atoms with Crippen LogP contribution in [0, 0.1) is 20.8 Å². The molecule has 3 nitrogen and oxygen atoms in total. The number of benzene rings is 1. The van der Waals surface area contributed by atoms with Crippen molar-refractivity contribution in [3.63, 3.8) is 0 Å². The summed E-state index contributed by atoms with van der Waals surface area (Å²) >= 11 is 0. The van der Waals surface area contributed by atoms with E-state index in [1.54, 1.807) is 16.7 Å². The molecule has 1 aromatic carbocycles. The Bertz CT molecular complexity index is 643. The molecule has 0 aliphatic heterocycles. The van der Waals surface area contributed by atoms with Crippen molar-refractivity contribution in [2.24, 2.45) is 5.73 Å². The summed E-state index contributed by atoms with van der Waals surface area (Å²) in [4.78, 5) is 11.8. The normalized spacial score (nSPS) is 12.4. The van der Waals surface area contributed by atoms with Crippen molar-refractivity contribution in [1.82, 2.24) is 4.57 Å². The lowest BCUT2D eigenvalue weighted by atomic mass is 10.0. The second-order valence-electron chi connectivity index (χ2n) is 5.07. The number of nitrogens with zero attached hydrogens (tertiary/aromatic N) is 1. The highest BCUT2D eigenvalue weighted by atomic mass is 16.1. The molecule has 0 saturated heterocycles. The van der Waals surface area contributed by atoms with E-state index in [0.29, 0.717) is 6.54 Å². The lowest BCUT2D eigenvalue weighted by Crippen LogP contribution is -2.27. The molecule has 19 heavy (non-hydrogen) atoms. The number of pyridine rings is 1. The second kappa shape index (κ2) is 5.41. The summed E-state index contributed by atoms with van der Waals surface area (Å²) in [6, 6.07) is 11.3. The van der Waals surface area contributed by atoms with Gasteiger partial charge in [-0.05, 0) is 43.5 Å². The average molecular weight is 256 g/mol. The van der Waals surface area contributed by atoms with Crippen LogP contribution in [0.2, 0.25) is 0 Å². The van der Waals surface area contributed by atoms with Crippen LogP contribution in [-0.4, -0.2) is 4.57 Å². The van der Waals surface area contributed by atoms with Gasteiger partial charge in [-0.3, -0.25) is 4.79 Å². The highest BCUT2D eigenvalue weighted by molar-refractivity contribution is 5.31. The van der Waals surface area contributed by atoms with Crippen LogP contribution in [0.5, 0.6) is 0 Å². The Kier molecular flexibility index (Phi) is 3.86. The van der Waals surface area contributed by atoms with Crippen LogP contribution in [0.15, 0.2) is 41.2 Å². The molecule has 100 valence electrons. The van der Waals surface area contributed by atoms with Gasteiger partial charge in [0.25, 0.3) is 5.56 Å². The molecule has 0 aliphatic carbocycles. The maximum Gasteiger partial charge on any atom is 0.250 e. The van der Waals surface area contributed by atoms with Crippen LogP contribution >= 0.6 is 0 Å². The predicted octanol–water partition coefficient (Wildman–Crippen LogP) is 2.47. The summed E-state index contributed by atoms with van der Waals surface area (Å²) in [6.45, 7) is 6.59. The van der Waals surface area contributed by atoms with Crippen LogP contribution in [-0.2, 0) is 6.54 Å². The quantitative estimate of drug-likeness (QED) is 0.917. The minimum absolute atomic E-state index is 0.000663. The first kappa shape index (κ1) is 13.6. The van der Waals surface area contributed by atoms with Crippen LogP contribution in [0.4, 0.5) is 0 Å². The van der Waals surface area contributed by atoms with Gasteiger partial charge < -0.3 is 10.3 Å². The number of rotatable bonds is 3. The van der Waals surface area contributed by atoms with E-state index in [2.05, 4.69) is 26.0 Å². The molecule has 3 heteroatoms. The number of hydrogen-bond donors (Lipinski definition) is 1. The predicted molar refractivity (Wildman–Crippen MR) is 78.3 cm³/mol. The van der Waals surface area contributed by atoms with Gasteiger partial charge in [0, 0.05) is 24.3 Å². The first-order chi connectivity index (χ1) is 8.99. The van der Waals surface area contributed by atoms with Crippen molar-refractivity contribution >= 4 is 0 Å². The van der Waals surface area contributed by atoms with E-state index < -0.39 is 0 Å². The van der Waals surface area contributed by atoms with E-state index in [-0.39, 0.29) is 11.6 Å². The van der Waals surface area contributed by atoms with E-state index in [9.17, 15) is 4.79 Å². The third kappa shape index (κ3) is 2.93. The fourth-order valence-corrected chi connectivity index (χ4v) is 2.15. The molecule has 1 unspecified atom stereocenters. The van der Waals surface area contributed by atoms with Crippen molar-refractivity contribution in [2.75, 3.05) is 0 Å². The summed E-state index contributed by atoms with van der Waals surface area (Å²) in [5.74, 6) is 0. The summed E-state index contributed by atoms with van der Waals surface area (Å²) in [7, 11) is 0. The van der Waals surface area contributed by atoms with Crippen LogP contribution in [0.3, 0.4) is 0 Å². The zero-order valence-electron chi connectivity index (χ0n) is 11.7. The van der Waals surface area contributed by atoms with Crippen molar-refractivity contribution in [1.29, 1.82) is 0 Å². The van der Waals surface area contributed by atoms with E-state index in [0.717, 1.165) is 11.3 Å². The second-order valence-corrected chi connectivity index (χ2v) is 5.07. The molecule has 0 fully saturated rings. The standard InChI is InChI=1S/C16H20N2O/c1-11-7-8-14(9-12(11)2)15(17)10-18-13(3)5-4-6-16(18)19/h4-9,15H,10,17H2,1-3H3. The fourth-order valence-electron chi connectivity index (χ4n) is 2.15. The molecule has 2 aromatic rings. The number of aryl methyl sites for hydroxylation is 3. The molecule has 0 saturated carbocycles. The zero-order chi connectivity index (χ0) is 14.0. The molecule has 1 heterocycles. The van der Waals surface area contributed by atoms with Crippen molar-refractivity contribution in [3.8, 4) is 0 Å². The van der Waals surface area contributed by atoms with Crippen LogP contribution < -0.4 is 11.3 Å². The lowest BCUT2D eigenvalue weighted by molar-refractivity contribution is 0.550. The largest absolute Gasteiger partial charge is 0.322 e. The van der Waals surface area contributed by atoms with Gasteiger partial charge in [-0.25, -0.2) is 0 Å². The molecule has 2 rings (SSSR count). The topological polar surface area (TPSA) is 48.0 Å². The van der Waals surface area contributed by atoms with Gasteiger partial charge in [-0.1, -0.05) is 24.3 Å². The van der Waals surface area contributed by atoms with Crippen LogP contribution in [0.25, 0.3) is 0 Å². The minimum Gasteiger partial charge on any atom is -0.322 e. The third-order valence-electron chi connectivity index (χ3n) is 3.61. The highest BCUT2D eigenvalue weighted by Gasteiger charge is 2.10. The maximum absolute atomic E-state index is 11.8. The molecule has 0 spiro atoms. The van der Waals surface area contributed by atoms with E-state index in [1.807, 2.05) is 19.1 Å². The van der Waals surface area contributed by atoms with Gasteiger partial charge in [0.15, 0.2) is 0 Å². The molecule has 0 aliphatic rings. The Hall–Kier alpha value is -1.87. The first-order valence-corrected chi connectivity index (χ1v) is 6.48. The Morgan fingerprint density at radius 1 is 1.11 bits per heavy atom. The number of nitrogens with two attached hydrogens (primary N) is 1. The number of aromatic nitrogens is 1. The Labute approximate surface area is 113 Å². The molecular weight excluding hydrogens is 236 g/mol. The van der Waals surface area contributed by atoms with Gasteiger partial charge in [0.2, 0.25) is 0 Å². The van der Waals surface area contributed by atoms with Crippen molar-refractivity contribution in [2.45, 2.75) is 33.4 Å². The molecule has 1 aromatic heterocycles. The van der Waals surface area contributed by atoms with E-state index >= 15 is 0 Å². The number of hydrogen-bond acceptors (Lipinski definition) is 2. The molecular formula is C16H20N2O. The van der Waals surface area contributed by atoms with Gasteiger partial charge in [-0.15, -0.1) is 0 Å². The van der Waals surface area contributed by atoms with E-state index in [4.69, 9.17) is 5.73 Å². The SMILES string of the molecule is Cc1ccc(C(N)Cn2c(C)cccc2=O)cc1C. The molecule has 2 N–H and O–H groups in total. The van der Waals surface area contributed by atoms with E-state index in [1.165, 1.54) is 11.1 Å². The summed E-state index contributed by atoms with van der Waals surface area (Å²) in [5, 5.41) is 0. The summed E-state index contributed by atoms with van der Waals surface area (Å²) in [6.07, 6.45) is 0. The Morgan fingerprint density at radius 2 is 1.84 bits per heavy atom. The summed E-state index contributed by atoms with van der Waals surface area (Å²) in [5.41, 5.74) is 10.7. The molecule has 0 radical (unpaired) electrons. The summed E-state index contributed by atoms with van der Waals surface area (Å²) < 4.78 is 1.72. The Balaban J connectivity index is 2.28. The smallest absolute Gasteiger partial charge is 0.250 e. The fraction of sp³-hybridized carbons (Fsp3) is 0.312. The zero-order valence-corrected chi connectivity index (χ0v) is 11.7. The van der Waals surface area contributed by atoms with Crippen molar-refractivity contribution < 1.29 is 0 Å². The molecule has 0 bridgehead atoms. The van der Waals surface area contributed by atoms with Gasteiger partial charge in [0.1, 0.15) is 0 Å². The molecule has 1 atom stereocenters. The third-order valence-corrected chi connectivity index (χ3v) is 3.61. The first-order valence-electron chi connectivity index (χ1n) is 6.48. The van der Waals surface area contributed by atoms with Gasteiger partial charge >= 0.3 is 0 Å². The highest BCUT2D eigenvalue weighted by Crippen LogP contribution is 2.16. The minimum atomic E-state index is -0.168. The van der Waals surface area contributed by atoms with Gasteiger partial charge in [-0.2, -0.15) is 0 Å². The van der Waals surface area contributed by atoms with Crippen molar-refractivity contribution in [3.05, 3.63) is 69.1 Å². The molecule has 0 amide bonds. The average Bonchev–Trinajstić information content (AvgIpc) is 2.37. The Morgan fingerprint density at radius 3 is 2.47 bits per heavy atom. The lowest BCUT2D eigenvalue weighted by Gasteiger charge is -2.17.